The predicted octanol–water partition coefficient (Wildman–Crippen LogP) is 1.66. The molecule has 5 nitrogen and oxygen atoms in total. The van der Waals surface area contributed by atoms with Crippen molar-refractivity contribution in [3.8, 4) is 0 Å². The molecule has 0 radical (unpaired) electrons. The Balaban J connectivity index is 2.08. The first-order valence-electron chi connectivity index (χ1n) is 5.94. The standard InChI is InChI=1S/C12H17N3O2S/c1-7-12(8(2)14-13-7)15-5-10(4-11(15)17)6-18-9(3)16/h10H,4-6H2,1-3H3,(H,13,14). The maximum atomic E-state index is 12.0. The highest BCUT2D eigenvalue weighted by molar-refractivity contribution is 8.13. The summed E-state index contributed by atoms with van der Waals surface area (Å²) in [5.74, 6) is 1.09. The molecule has 1 amide bonds. The molecule has 1 aromatic heterocycles. The van der Waals surface area contributed by atoms with Crippen LogP contribution in [0.25, 0.3) is 0 Å². The van der Waals surface area contributed by atoms with Crippen molar-refractivity contribution in [2.24, 2.45) is 5.92 Å². The lowest BCUT2D eigenvalue weighted by Gasteiger charge is -2.16. The molecule has 2 rings (SSSR count). The van der Waals surface area contributed by atoms with Gasteiger partial charge in [-0.05, 0) is 19.8 Å². The average Bonchev–Trinajstić information content (AvgIpc) is 2.80. The summed E-state index contributed by atoms with van der Waals surface area (Å²) in [6.45, 7) is 6.05. The van der Waals surface area contributed by atoms with Crippen molar-refractivity contribution in [3.05, 3.63) is 11.4 Å². The molecular formula is C12H17N3O2S. The van der Waals surface area contributed by atoms with Crippen molar-refractivity contribution in [1.82, 2.24) is 10.2 Å². The Bertz CT molecular complexity index is 464. The fourth-order valence-corrected chi connectivity index (χ4v) is 2.98. The number of anilines is 1. The Morgan fingerprint density at radius 2 is 2.28 bits per heavy atom. The second-order valence-corrected chi connectivity index (χ2v) is 5.86. The lowest BCUT2D eigenvalue weighted by Crippen LogP contribution is -2.25. The molecule has 1 aromatic rings. The Labute approximate surface area is 110 Å². The minimum atomic E-state index is 0.108. The van der Waals surface area contributed by atoms with Gasteiger partial charge in [-0.2, -0.15) is 5.10 Å². The molecule has 6 heteroatoms. The van der Waals surface area contributed by atoms with Crippen LogP contribution >= 0.6 is 11.8 Å². The van der Waals surface area contributed by atoms with Crippen LogP contribution in [-0.2, 0) is 9.59 Å². The molecule has 1 fully saturated rings. The number of carbonyl (C=O) groups is 2. The van der Waals surface area contributed by atoms with Crippen molar-refractivity contribution in [2.75, 3.05) is 17.2 Å². The highest BCUT2D eigenvalue weighted by Gasteiger charge is 2.33. The molecule has 1 atom stereocenters. The monoisotopic (exact) mass is 267 g/mol. The van der Waals surface area contributed by atoms with Gasteiger partial charge in [0.15, 0.2) is 5.12 Å². The lowest BCUT2D eigenvalue weighted by atomic mass is 10.1. The van der Waals surface area contributed by atoms with E-state index in [4.69, 9.17) is 0 Å². The van der Waals surface area contributed by atoms with E-state index in [1.807, 2.05) is 13.8 Å². The number of rotatable bonds is 3. The Morgan fingerprint density at radius 1 is 1.56 bits per heavy atom. The summed E-state index contributed by atoms with van der Waals surface area (Å²) in [4.78, 5) is 24.8. The van der Waals surface area contributed by atoms with Gasteiger partial charge < -0.3 is 4.90 Å². The SMILES string of the molecule is CC(=O)SCC1CC(=O)N(c2c(C)n[nH]c2C)C1. The fourth-order valence-electron chi connectivity index (χ4n) is 2.29. The fraction of sp³-hybridized carbons (Fsp3) is 0.583. The summed E-state index contributed by atoms with van der Waals surface area (Å²) in [6, 6.07) is 0. The minimum absolute atomic E-state index is 0.108. The van der Waals surface area contributed by atoms with Crippen molar-refractivity contribution in [3.63, 3.8) is 0 Å². The number of aromatic nitrogens is 2. The van der Waals surface area contributed by atoms with Crippen molar-refractivity contribution in [2.45, 2.75) is 27.2 Å². The van der Waals surface area contributed by atoms with Crippen molar-refractivity contribution in [1.29, 1.82) is 0 Å². The lowest BCUT2D eigenvalue weighted by molar-refractivity contribution is -0.117. The van der Waals surface area contributed by atoms with Gasteiger partial charge in [-0.25, -0.2) is 0 Å². The maximum Gasteiger partial charge on any atom is 0.227 e. The quantitative estimate of drug-likeness (QED) is 0.904. The van der Waals surface area contributed by atoms with Crippen molar-refractivity contribution < 1.29 is 9.59 Å². The predicted molar refractivity (Wildman–Crippen MR) is 71.7 cm³/mol. The third kappa shape index (κ3) is 2.58. The second kappa shape index (κ2) is 5.14. The summed E-state index contributed by atoms with van der Waals surface area (Å²) in [5.41, 5.74) is 2.66. The van der Waals surface area contributed by atoms with Crippen LogP contribution < -0.4 is 4.90 Å². The summed E-state index contributed by atoms with van der Waals surface area (Å²) in [7, 11) is 0. The zero-order valence-corrected chi connectivity index (χ0v) is 11.6. The number of hydrogen-bond donors (Lipinski definition) is 1. The summed E-state index contributed by atoms with van der Waals surface area (Å²) in [6.07, 6.45) is 0.518. The minimum Gasteiger partial charge on any atom is -0.309 e. The maximum absolute atomic E-state index is 12.0. The van der Waals surface area contributed by atoms with E-state index in [1.165, 1.54) is 11.8 Å². The molecule has 18 heavy (non-hydrogen) atoms. The second-order valence-electron chi connectivity index (χ2n) is 4.66. The number of amides is 1. The highest BCUT2D eigenvalue weighted by atomic mass is 32.2. The topological polar surface area (TPSA) is 66.1 Å². The van der Waals surface area contributed by atoms with E-state index in [-0.39, 0.29) is 16.9 Å². The molecular weight excluding hydrogens is 250 g/mol. The number of aryl methyl sites for hydroxylation is 2. The molecule has 2 heterocycles. The summed E-state index contributed by atoms with van der Waals surface area (Å²) >= 11 is 1.30. The summed E-state index contributed by atoms with van der Waals surface area (Å²) < 4.78 is 0. The van der Waals surface area contributed by atoms with E-state index in [9.17, 15) is 9.59 Å². The van der Waals surface area contributed by atoms with E-state index in [2.05, 4.69) is 10.2 Å². The van der Waals surface area contributed by atoms with Gasteiger partial charge in [0.1, 0.15) is 0 Å². The number of H-pyrrole nitrogens is 1. The van der Waals surface area contributed by atoms with E-state index in [0.717, 1.165) is 17.1 Å². The first kappa shape index (κ1) is 13.1. The van der Waals surface area contributed by atoms with E-state index >= 15 is 0 Å². The van der Waals surface area contributed by atoms with Gasteiger partial charge in [-0.15, -0.1) is 0 Å². The summed E-state index contributed by atoms with van der Waals surface area (Å²) in [5, 5.41) is 7.12. The Kier molecular flexibility index (Phi) is 3.75. The van der Waals surface area contributed by atoms with Crippen LogP contribution in [0.1, 0.15) is 24.7 Å². The van der Waals surface area contributed by atoms with Crippen LogP contribution in [0.4, 0.5) is 5.69 Å². The molecule has 1 unspecified atom stereocenters. The molecule has 0 aromatic carbocycles. The van der Waals surface area contributed by atoms with E-state index < -0.39 is 0 Å². The van der Waals surface area contributed by atoms with Crippen LogP contribution in [-0.4, -0.2) is 33.5 Å². The van der Waals surface area contributed by atoms with Gasteiger partial charge in [-0.1, -0.05) is 11.8 Å². The number of thioether (sulfide) groups is 1. The number of nitrogens with one attached hydrogen (secondary N) is 1. The number of carbonyl (C=O) groups excluding carboxylic acids is 2. The molecule has 1 saturated heterocycles. The molecule has 0 saturated carbocycles. The number of nitrogens with zero attached hydrogens (tertiary/aromatic N) is 2. The Morgan fingerprint density at radius 3 is 2.83 bits per heavy atom. The normalized spacial score (nSPS) is 19.6. The molecule has 0 aliphatic carbocycles. The van der Waals surface area contributed by atoms with Gasteiger partial charge in [0.25, 0.3) is 0 Å². The largest absolute Gasteiger partial charge is 0.309 e. The van der Waals surface area contributed by atoms with Gasteiger partial charge >= 0.3 is 0 Å². The van der Waals surface area contributed by atoms with Crippen LogP contribution in [0, 0.1) is 19.8 Å². The van der Waals surface area contributed by atoms with Gasteiger partial charge in [0.2, 0.25) is 5.91 Å². The zero-order chi connectivity index (χ0) is 13.3. The third-order valence-corrected chi connectivity index (χ3v) is 4.13. The van der Waals surface area contributed by atoms with Gasteiger partial charge in [-0.3, -0.25) is 14.7 Å². The van der Waals surface area contributed by atoms with Gasteiger partial charge in [0.05, 0.1) is 17.1 Å². The molecule has 1 N–H and O–H groups in total. The van der Waals surface area contributed by atoms with Crippen LogP contribution in [0.5, 0.6) is 0 Å². The van der Waals surface area contributed by atoms with Gasteiger partial charge in [0, 0.05) is 25.6 Å². The zero-order valence-electron chi connectivity index (χ0n) is 10.8. The number of aromatic amines is 1. The Hall–Kier alpha value is -1.30. The van der Waals surface area contributed by atoms with E-state index in [1.54, 1.807) is 11.8 Å². The average molecular weight is 267 g/mol. The third-order valence-electron chi connectivity index (χ3n) is 3.09. The molecule has 0 bridgehead atoms. The molecule has 1 aliphatic rings. The first-order chi connectivity index (χ1) is 8.49. The van der Waals surface area contributed by atoms with Crippen LogP contribution in [0.2, 0.25) is 0 Å². The molecule has 0 spiro atoms. The van der Waals surface area contributed by atoms with Crippen LogP contribution in [0.3, 0.4) is 0 Å². The first-order valence-corrected chi connectivity index (χ1v) is 6.93. The van der Waals surface area contributed by atoms with Crippen LogP contribution in [0.15, 0.2) is 0 Å². The number of hydrogen-bond acceptors (Lipinski definition) is 4. The molecule has 98 valence electrons. The van der Waals surface area contributed by atoms with Crippen molar-refractivity contribution >= 4 is 28.5 Å². The highest BCUT2D eigenvalue weighted by Crippen LogP contribution is 2.30. The van der Waals surface area contributed by atoms with E-state index in [0.29, 0.717) is 18.7 Å². The smallest absolute Gasteiger partial charge is 0.227 e. The molecule has 1 aliphatic heterocycles.